The molecule has 0 bridgehead atoms. The van der Waals surface area contributed by atoms with Crippen molar-refractivity contribution >= 4 is 17.4 Å². The molecule has 0 fully saturated rings. The van der Waals surface area contributed by atoms with Gasteiger partial charge in [0.1, 0.15) is 5.82 Å². The molecule has 1 aromatic rings. The van der Waals surface area contributed by atoms with Crippen molar-refractivity contribution in [2.45, 2.75) is 13.3 Å². The van der Waals surface area contributed by atoms with Gasteiger partial charge in [-0.1, -0.05) is 23.8 Å². The van der Waals surface area contributed by atoms with E-state index >= 15 is 0 Å². The molecule has 0 unspecified atom stereocenters. The van der Waals surface area contributed by atoms with Gasteiger partial charge in [-0.3, -0.25) is 14.9 Å². The fourth-order valence-corrected chi connectivity index (χ4v) is 1.77. The quantitative estimate of drug-likeness (QED) is 0.730. The normalized spacial score (nSPS) is 16.4. The summed E-state index contributed by atoms with van der Waals surface area (Å²) in [5.41, 5.74) is 1.10. The molecule has 1 aliphatic heterocycles. The highest BCUT2D eigenvalue weighted by atomic mass is 19.1. The molecule has 82 valence electrons. The Bertz CT molecular complexity index is 505. The maximum absolute atomic E-state index is 13.5. The van der Waals surface area contributed by atoms with Gasteiger partial charge in [-0.2, -0.15) is 0 Å². The summed E-state index contributed by atoms with van der Waals surface area (Å²) >= 11 is 0. The number of halogens is 1. The van der Waals surface area contributed by atoms with Gasteiger partial charge in [-0.25, -0.2) is 4.39 Å². The second-order valence-electron chi connectivity index (χ2n) is 3.69. The molecular weight excluding hydrogens is 209 g/mol. The SMILES string of the molecule is CC1=C(c2ccccc2F)C(=O)NC(=O)C1. The molecule has 0 aliphatic carbocycles. The van der Waals surface area contributed by atoms with Crippen molar-refractivity contribution in [2.24, 2.45) is 0 Å². The van der Waals surface area contributed by atoms with E-state index < -0.39 is 11.7 Å². The lowest BCUT2D eigenvalue weighted by molar-refractivity contribution is -0.127. The third-order valence-electron chi connectivity index (χ3n) is 2.48. The standard InChI is InChI=1S/C12H10FNO2/c1-7-6-10(15)14-12(16)11(7)8-4-2-3-5-9(8)13/h2-5H,6H2,1H3,(H,14,15,16). The second kappa shape index (κ2) is 3.89. The van der Waals surface area contributed by atoms with Crippen LogP contribution in [-0.2, 0) is 9.59 Å². The van der Waals surface area contributed by atoms with Crippen LogP contribution in [0.1, 0.15) is 18.9 Å². The molecule has 2 rings (SSSR count). The van der Waals surface area contributed by atoms with Crippen LogP contribution in [0.15, 0.2) is 29.8 Å². The Labute approximate surface area is 92.0 Å². The first-order valence-corrected chi connectivity index (χ1v) is 4.88. The Kier molecular flexibility index (Phi) is 2.56. The van der Waals surface area contributed by atoms with Crippen LogP contribution in [0.3, 0.4) is 0 Å². The summed E-state index contributed by atoms with van der Waals surface area (Å²) in [5, 5.41) is 2.18. The van der Waals surface area contributed by atoms with Crippen LogP contribution >= 0.6 is 0 Å². The van der Waals surface area contributed by atoms with Crippen LogP contribution in [0.25, 0.3) is 5.57 Å². The molecule has 4 heteroatoms. The van der Waals surface area contributed by atoms with Crippen molar-refractivity contribution in [3.05, 3.63) is 41.2 Å². The molecule has 0 saturated carbocycles. The number of amides is 2. The highest BCUT2D eigenvalue weighted by Crippen LogP contribution is 2.25. The first-order chi connectivity index (χ1) is 7.59. The first-order valence-electron chi connectivity index (χ1n) is 4.88. The summed E-state index contributed by atoms with van der Waals surface area (Å²) in [6, 6.07) is 6.03. The summed E-state index contributed by atoms with van der Waals surface area (Å²) in [4.78, 5) is 22.7. The van der Waals surface area contributed by atoms with Crippen LogP contribution in [0, 0.1) is 5.82 Å². The van der Waals surface area contributed by atoms with Crippen molar-refractivity contribution < 1.29 is 14.0 Å². The maximum Gasteiger partial charge on any atom is 0.258 e. The van der Waals surface area contributed by atoms with Gasteiger partial charge < -0.3 is 0 Å². The zero-order valence-corrected chi connectivity index (χ0v) is 8.71. The molecule has 3 nitrogen and oxygen atoms in total. The number of hydrogen-bond acceptors (Lipinski definition) is 2. The lowest BCUT2D eigenvalue weighted by Crippen LogP contribution is -2.35. The fourth-order valence-electron chi connectivity index (χ4n) is 1.77. The molecule has 0 aromatic heterocycles. The van der Waals surface area contributed by atoms with Gasteiger partial charge in [0.15, 0.2) is 0 Å². The number of rotatable bonds is 1. The minimum atomic E-state index is -0.529. The molecule has 1 N–H and O–H groups in total. The molecule has 0 atom stereocenters. The Morgan fingerprint density at radius 3 is 2.56 bits per heavy atom. The van der Waals surface area contributed by atoms with Gasteiger partial charge in [0.05, 0.1) is 0 Å². The summed E-state index contributed by atoms with van der Waals surface area (Å²) in [6.07, 6.45) is 0.134. The summed E-state index contributed by atoms with van der Waals surface area (Å²) in [6.45, 7) is 1.67. The largest absolute Gasteiger partial charge is 0.292 e. The van der Waals surface area contributed by atoms with Crippen molar-refractivity contribution in [3.8, 4) is 0 Å². The molecule has 0 saturated heterocycles. The van der Waals surface area contributed by atoms with Crippen molar-refractivity contribution in [1.82, 2.24) is 5.32 Å². The highest BCUT2D eigenvalue weighted by molar-refractivity contribution is 6.27. The summed E-state index contributed by atoms with van der Waals surface area (Å²) in [5.74, 6) is -1.33. The van der Waals surface area contributed by atoms with E-state index in [4.69, 9.17) is 0 Å². The lowest BCUT2D eigenvalue weighted by Gasteiger charge is -2.17. The molecule has 1 aliphatic rings. The van der Waals surface area contributed by atoms with E-state index in [1.165, 1.54) is 12.1 Å². The zero-order valence-electron chi connectivity index (χ0n) is 8.71. The molecule has 0 spiro atoms. The van der Waals surface area contributed by atoms with E-state index in [0.29, 0.717) is 5.57 Å². The minimum absolute atomic E-state index is 0.134. The van der Waals surface area contributed by atoms with Crippen molar-refractivity contribution in [2.75, 3.05) is 0 Å². The Balaban J connectivity index is 2.55. The summed E-state index contributed by atoms with van der Waals surface area (Å²) in [7, 11) is 0. The van der Waals surface area contributed by atoms with E-state index in [0.717, 1.165) is 0 Å². The molecular formula is C12H10FNO2. The van der Waals surface area contributed by atoms with Gasteiger partial charge in [-0.15, -0.1) is 0 Å². The van der Waals surface area contributed by atoms with Crippen LogP contribution in [0.5, 0.6) is 0 Å². The van der Waals surface area contributed by atoms with Gasteiger partial charge in [0, 0.05) is 17.6 Å². The fraction of sp³-hybridized carbons (Fsp3) is 0.167. The van der Waals surface area contributed by atoms with Gasteiger partial charge in [0.25, 0.3) is 5.91 Å². The Morgan fingerprint density at radius 2 is 1.94 bits per heavy atom. The molecule has 2 amide bonds. The summed E-state index contributed by atoms with van der Waals surface area (Å²) < 4.78 is 13.5. The number of carbonyl (C=O) groups excluding carboxylic acids is 2. The lowest BCUT2D eigenvalue weighted by atomic mass is 9.95. The monoisotopic (exact) mass is 219 g/mol. The van der Waals surface area contributed by atoms with E-state index in [9.17, 15) is 14.0 Å². The second-order valence-corrected chi connectivity index (χ2v) is 3.69. The Morgan fingerprint density at radius 1 is 1.25 bits per heavy atom. The van der Waals surface area contributed by atoms with E-state index in [-0.39, 0.29) is 23.5 Å². The molecule has 16 heavy (non-hydrogen) atoms. The topological polar surface area (TPSA) is 46.2 Å². The first kappa shape index (κ1) is 10.5. The number of imide groups is 1. The maximum atomic E-state index is 13.5. The van der Waals surface area contributed by atoms with Gasteiger partial charge in [0.2, 0.25) is 5.91 Å². The smallest absolute Gasteiger partial charge is 0.258 e. The van der Waals surface area contributed by atoms with Gasteiger partial charge >= 0.3 is 0 Å². The molecule has 1 heterocycles. The van der Waals surface area contributed by atoms with Crippen LogP contribution in [0.2, 0.25) is 0 Å². The predicted molar refractivity (Wildman–Crippen MR) is 56.8 cm³/mol. The van der Waals surface area contributed by atoms with Gasteiger partial charge in [-0.05, 0) is 13.0 Å². The molecule has 0 radical (unpaired) electrons. The van der Waals surface area contributed by atoms with E-state index in [1.54, 1.807) is 19.1 Å². The van der Waals surface area contributed by atoms with E-state index in [1.807, 2.05) is 0 Å². The average molecular weight is 219 g/mol. The molecule has 1 aromatic carbocycles. The number of benzene rings is 1. The van der Waals surface area contributed by atoms with Crippen LogP contribution < -0.4 is 5.32 Å². The number of carbonyl (C=O) groups is 2. The van der Waals surface area contributed by atoms with Crippen molar-refractivity contribution in [1.29, 1.82) is 0 Å². The third kappa shape index (κ3) is 1.74. The number of hydrogen-bond donors (Lipinski definition) is 1. The highest BCUT2D eigenvalue weighted by Gasteiger charge is 2.25. The van der Waals surface area contributed by atoms with Crippen LogP contribution in [-0.4, -0.2) is 11.8 Å². The predicted octanol–water partition coefficient (Wildman–Crippen LogP) is 1.65. The van der Waals surface area contributed by atoms with E-state index in [2.05, 4.69) is 5.32 Å². The minimum Gasteiger partial charge on any atom is -0.292 e. The number of nitrogens with one attached hydrogen (secondary N) is 1. The Hall–Kier alpha value is -1.97. The van der Waals surface area contributed by atoms with Crippen LogP contribution in [0.4, 0.5) is 4.39 Å². The van der Waals surface area contributed by atoms with Crippen molar-refractivity contribution in [3.63, 3.8) is 0 Å². The third-order valence-corrected chi connectivity index (χ3v) is 2.48. The average Bonchev–Trinajstić information content (AvgIpc) is 2.19. The zero-order chi connectivity index (χ0) is 11.7.